The van der Waals surface area contributed by atoms with Gasteiger partial charge in [0.2, 0.25) is 0 Å². The second kappa shape index (κ2) is 10.5. The average Bonchev–Trinajstić information content (AvgIpc) is 2.82. The number of amides is 1. The molecule has 1 N–H and O–H groups in total. The van der Waals surface area contributed by atoms with Gasteiger partial charge in [0.25, 0.3) is 5.91 Å². The lowest BCUT2D eigenvalue weighted by molar-refractivity contribution is -0.128. The molecule has 3 aromatic rings. The van der Waals surface area contributed by atoms with Gasteiger partial charge in [-0.3, -0.25) is 9.69 Å². The molecule has 0 unspecified atom stereocenters. The van der Waals surface area contributed by atoms with Gasteiger partial charge in [-0.1, -0.05) is 74.0 Å². The Balaban J connectivity index is 1.32. The monoisotopic (exact) mass is 416 g/mol. The van der Waals surface area contributed by atoms with E-state index in [1.807, 2.05) is 37.3 Å². The standard InChI is InChI=1S/C27H32N2O2/c1-2-25(31-26-12-8-10-23-9-4-5-11-24(23)26)27(30)28-19-21-13-15-22(16-14-21)20-29-17-6-3-7-18-29/h4-5,8-16,25H,2-3,6-7,17-20H2,1H3,(H,28,30)/t25-/m0/s1. The van der Waals surface area contributed by atoms with E-state index >= 15 is 0 Å². The maximum Gasteiger partial charge on any atom is 0.261 e. The predicted octanol–water partition coefficient (Wildman–Crippen LogP) is 5.30. The zero-order valence-electron chi connectivity index (χ0n) is 18.3. The molecule has 0 aromatic heterocycles. The minimum absolute atomic E-state index is 0.0761. The van der Waals surface area contributed by atoms with Crippen molar-refractivity contribution in [3.05, 3.63) is 77.9 Å². The summed E-state index contributed by atoms with van der Waals surface area (Å²) in [5, 5.41) is 5.18. The highest BCUT2D eigenvalue weighted by Crippen LogP contribution is 2.26. The predicted molar refractivity (Wildman–Crippen MR) is 126 cm³/mol. The summed E-state index contributed by atoms with van der Waals surface area (Å²) in [6.07, 6.45) is 4.08. The number of likely N-dealkylation sites (tertiary alicyclic amines) is 1. The van der Waals surface area contributed by atoms with Crippen LogP contribution in [0, 0.1) is 0 Å². The summed E-state index contributed by atoms with van der Waals surface area (Å²) in [6.45, 7) is 5.91. The first kappa shape index (κ1) is 21.4. The number of benzene rings is 3. The van der Waals surface area contributed by atoms with Crippen LogP contribution in [0.3, 0.4) is 0 Å². The molecule has 1 saturated heterocycles. The molecule has 0 radical (unpaired) electrons. The lowest BCUT2D eigenvalue weighted by atomic mass is 10.1. The fourth-order valence-corrected chi connectivity index (χ4v) is 4.22. The molecule has 1 fully saturated rings. The molecule has 0 saturated carbocycles. The molecule has 1 heterocycles. The first-order valence-electron chi connectivity index (χ1n) is 11.5. The number of nitrogens with zero attached hydrogens (tertiary/aromatic N) is 1. The molecule has 162 valence electrons. The quantitative estimate of drug-likeness (QED) is 0.542. The van der Waals surface area contributed by atoms with Crippen molar-refractivity contribution in [2.45, 2.75) is 51.8 Å². The molecule has 0 bridgehead atoms. The lowest BCUT2D eigenvalue weighted by Gasteiger charge is -2.26. The van der Waals surface area contributed by atoms with E-state index < -0.39 is 6.10 Å². The van der Waals surface area contributed by atoms with Crippen LogP contribution in [0.15, 0.2) is 66.7 Å². The summed E-state index contributed by atoms with van der Waals surface area (Å²) in [5.74, 6) is 0.676. The Morgan fingerprint density at radius 3 is 2.42 bits per heavy atom. The summed E-state index contributed by atoms with van der Waals surface area (Å²) in [6, 6.07) is 22.6. The van der Waals surface area contributed by atoms with Gasteiger partial charge in [0.15, 0.2) is 6.10 Å². The molecule has 4 rings (SSSR count). The van der Waals surface area contributed by atoms with Gasteiger partial charge in [0.05, 0.1) is 0 Å². The molecule has 3 aromatic carbocycles. The van der Waals surface area contributed by atoms with Crippen molar-refractivity contribution in [1.82, 2.24) is 10.2 Å². The zero-order chi connectivity index (χ0) is 21.5. The normalized spacial score (nSPS) is 15.5. The minimum Gasteiger partial charge on any atom is -0.480 e. The fraction of sp³-hybridized carbons (Fsp3) is 0.370. The summed E-state index contributed by atoms with van der Waals surface area (Å²) in [4.78, 5) is 15.3. The fourth-order valence-electron chi connectivity index (χ4n) is 4.22. The third-order valence-corrected chi connectivity index (χ3v) is 6.03. The summed E-state index contributed by atoms with van der Waals surface area (Å²) in [7, 11) is 0. The Labute approximate surface area is 185 Å². The van der Waals surface area contributed by atoms with Gasteiger partial charge in [-0.25, -0.2) is 0 Å². The average molecular weight is 417 g/mol. The molecule has 4 heteroatoms. The van der Waals surface area contributed by atoms with Gasteiger partial charge < -0.3 is 10.1 Å². The first-order chi connectivity index (χ1) is 15.2. The molecular weight excluding hydrogens is 384 g/mol. The number of piperidine rings is 1. The van der Waals surface area contributed by atoms with Crippen LogP contribution < -0.4 is 10.1 Å². The van der Waals surface area contributed by atoms with E-state index in [1.54, 1.807) is 0 Å². The summed E-state index contributed by atoms with van der Waals surface area (Å²) >= 11 is 0. The van der Waals surface area contributed by atoms with Gasteiger partial charge in [-0.2, -0.15) is 0 Å². The van der Waals surface area contributed by atoms with E-state index in [1.165, 1.54) is 37.9 Å². The Bertz CT molecular complexity index is 988. The van der Waals surface area contributed by atoms with Crippen molar-refractivity contribution >= 4 is 16.7 Å². The third-order valence-electron chi connectivity index (χ3n) is 6.03. The van der Waals surface area contributed by atoms with Crippen LogP contribution in [-0.2, 0) is 17.9 Å². The van der Waals surface area contributed by atoms with E-state index in [-0.39, 0.29) is 5.91 Å². The van der Waals surface area contributed by atoms with E-state index in [2.05, 4.69) is 46.6 Å². The van der Waals surface area contributed by atoms with Crippen LogP contribution in [0.2, 0.25) is 0 Å². The molecule has 0 spiro atoms. The van der Waals surface area contributed by atoms with Gasteiger partial charge in [-0.05, 0) is 54.9 Å². The Kier molecular flexibility index (Phi) is 7.21. The van der Waals surface area contributed by atoms with Gasteiger partial charge in [-0.15, -0.1) is 0 Å². The van der Waals surface area contributed by atoms with Gasteiger partial charge in [0.1, 0.15) is 5.75 Å². The first-order valence-corrected chi connectivity index (χ1v) is 11.5. The maximum atomic E-state index is 12.8. The number of hydrogen-bond donors (Lipinski definition) is 1. The highest BCUT2D eigenvalue weighted by Gasteiger charge is 2.19. The maximum absolute atomic E-state index is 12.8. The van der Waals surface area contributed by atoms with Crippen LogP contribution in [0.5, 0.6) is 5.75 Å². The minimum atomic E-state index is -0.510. The van der Waals surface area contributed by atoms with Crippen molar-refractivity contribution in [2.75, 3.05) is 13.1 Å². The Morgan fingerprint density at radius 1 is 0.935 bits per heavy atom. The number of carbonyl (C=O) groups is 1. The lowest BCUT2D eigenvalue weighted by Crippen LogP contribution is -2.37. The zero-order valence-corrected chi connectivity index (χ0v) is 18.3. The molecule has 1 aliphatic heterocycles. The molecule has 4 nitrogen and oxygen atoms in total. The van der Waals surface area contributed by atoms with Gasteiger partial charge in [0, 0.05) is 18.5 Å². The molecule has 31 heavy (non-hydrogen) atoms. The summed E-state index contributed by atoms with van der Waals surface area (Å²) in [5.41, 5.74) is 2.44. The number of carbonyl (C=O) groups excluding carboxylic acids is 1. The largest absolute Gasteiger partial charge is 0.480 e. The van der Waals surface area contributed by atoms with E-state index in [4.69, 9.17) is 4.74 Å². The highest BCUT2D eigenvalue weighted by molar-refractivity contribution is 5.89. The van der Waals surface area contributed by atoms with E-state index in [9.17, 15) is 4.79 Å². The van der Waals surface area contributed by atoms with Crippen LogP contribution in [0.4, 0.5) is 0 Å². The molecule has 1 atom stereocenters. The highest BCUT2D eigenvalue weighted by atomic mass is 16.5. The van der Waals surface area contributed by atoms with Crippen LogP contribution >= 0.6 is 0 Å². The van der Waals surface area contributed by atoms with Crippen molar-refractivity contribution in [3.8, 4) is 5.75 Å². The number of hydrogen-bond acceptors (Lipinski definition) is 3. The SMILES string of the molecule is CC[C@H](Oc1cccc2ccccc12)C(=O)NCc1ccc(CN2CCCCC2)cc1. The topological polar surface area (TPSA) is 41.6 Å². The number of ether oxygens (including phenoxy) is 1. The number of fused-ring (bicyclic) bond motifs is 1. The molecule has 1 aliphatic rings. The molecular formula is C27H32N2O2. The van der Waals surface area contributed by atoms with Crippen LogP contribution in [0.1, 0.15) is 43.7 Å². The molecule has 0 aliphatic carbocycles. The number of nitrogens with one attached hydrogen (secondary N) is 1. The Morgan fingerprint density at radius 2 is 1.65 bits per heavy atom. The van der Waals surface area contributed by atoms with E-state index in [0.717, 1.165) is 28.6 Å². The number of rotatable bonds is 8. The van der Waals surface area contributed by atoms with Crippen molar-refractivity contribution in [2.24, 2.45) is 0 Å². The van der Waals surface area contributed by atoms with Crippen molar-refractivity contribution < 1.29 is 9.53 Å². The smallest absolute Gasteiger partial charge is 0.261 e. The summed E-state index contributed by atoms with van der Waals surface area (Å²) < 4.78 is 6.11. The Hall–Kier alpha value is -2.85. The second-order valence-electron chi connectivity index (χ2n) is 8.36. The van der Waals surface area contributed by atoms with Crippen molar-refractivity contribution in [1.29, 1.82) is 0 Å². The van der Waals surface area contributed by atoms with Crippen LogP contribution in [-0.4, -0.2) is 30.0 Å². The van der Waals surface area contributed by atoms with Crippen molar-refractivity contribution in [3.63, 3.8) is 0 Å². The van der Waals surface area contributed by atoms with Gasteiger partial charge >= 0.3 is 0 Å². The molecule has 1 amide bonds. The van der Waals surface area contributed by atoms with E-state index in [0.29, 0.717) is 13.0 Å². The van der Waals surface area contributed by atoms with Crippen LogP contribution in [0.25, 0.3) is 10.8 Å². The third kappa shape index (κ3) is 5.65. The second-order valence-corrected chi connectivity index (χ2v) is 8.36.